The van der Waals surface area contributed by atoms with E-state index < -0.39 is 59.6 Å². The van der Waals surface area contributed by atoms with Crippen LogP contribution in [0.1, 0.15) is 66.9 Å². The second-order valence-electron chi connectivity index (χ2n) is 12.1. The number of likely N-dealkylation sites (tertiary alicyclic amines) is 2. The van der Waals surface area contributed by atoms with Crippen molar-refractivity contribution < 1.29 is 50.3 Å². The number of rotatable bonds is 7. The summed E-state index contributed by atoms with van der Waals surface area (Å²) in [4.78, 5) is 52.8. The number of hydrogen-bond donors (Lipinski definition) is 2. The van der Waals surface area contributed by atoms with E-state index in [2.05, 4.69) is 10.6 Å². The van der Waals surface area contributed by atoms with Gasteiger partial charge >= 0.3 is 18.4 Å². The highest BCUT2D eigenvalue weighted by molar-refractivity contribution is 6.05. The van der Waals surface area contributed by atoms with Gasteiger partial charge in [-0.1, -0.05) is 30.3 Å². The Morgan fingerprint density at radius 3 is 2.04 bits per heavy atom. The molecule has 5 amide bonds. The summed E-state index contributed by atoms with van der Waals surface area (Å²) >= 11 is 0. The number of piperidine rings is 2. The molecule has 0 aliphatic carbocycles. The van der Waals surface area contributed by atoms with Crippen molar-refractivity contribution in [1.82, 2.24) is 20.4 Å². The molecule has 4 atom stereocenters. The van der Waals surface area contributed by atoms with Crippen LogP contribution in [-0.2, 0) is 31.5 Å². The van der Waals surface area contributed by atoms with Gasteiger partial charge in [0.05, 0.1) is 29.8 Å². The summed E-state index contributed by atoms with van der Waals surface area (Å²) in [6.45, 7) is 2.51. The Labute approximate surface area is 266 Å². The molecule has 15 heteroatoms. The molecule has 3 saturated heterocycles. The maximum Gasteiger partial charge on any atom is 0.416 e. The summed E-state index contributed by atoms with van der Waals surface area (Å²) in [5.74, 6) is -1.76. The summed E-state index contributed by atoms with van der Waals surface area (Å²) < 4.78 is 87.1. The van der Waals surface area contributed by atoms with Gasteiger partial charge in [-0.15, -0.1) is 0 Å². The average molecular weight is 669 g/mol. The SMILES string of the molecule is C[C@@H](O[C@H]1CCN(C(=O)C2CCN(C(=O)CC3NC(=O)NC3=O)CC2)C[C@H]1c1ccccc1)c1cc(C(F)(F)F)cc(C(F)(F)F)c1. The van der Waals surface area contributed by atoms with Crippen LogP contribution in [0.25, 0.3) is 0 Å². The van der Waals surface area contributed by atoms with E-state index in [-0.39, 0.29) is 48.9 Å². The van der Waals surface area contributed by atoms with E-state index in [4.69, 9.17) is 4.74 Å². The molecule has 3 heterocycles. The molecule has 3 fully saturated rings. The maximum absolute atomic E-state index is 13.6. The molecule has 5 rings (SSSR count). The van der Waals surface area contributed by atoms with Gasteiger partial charge in [0.1, 0.15) is 6.04 Å². The van der Waals surface area contributed by atoms with Gasteiger partial charge < -0.3 is 19.9 Å². The van der Waals surface area contributed by atoms with Crippen molar-refractivity contribution in [3.05, 3.63) is 70.8 Å². The molecule has 2 aromatic carbocycles. The van der Waals surface area contributed by atoms with E-state index in [1.807, 2.05) is 12.1 Å². The molecule has 0 bridgehead atoms. The van der Waals surface area contributed by atoms with Crippen LogP contribution >= 0.6 is 0 Å². The van der Waals surface area contributed by atoms with Crippen molar-refractivity contribution in [3.63, 3.8) is 0 Å². The second kappa shape index (κ2) is 13.5. The number of imide groups is 1. The lowest BCUT2D eigenvalue weighted by Gasteiger charge is -2.42. The fraction of sp³-hybridized carbons (Fsp3) is 0.500. The lowest BCUT2D eigenvalue weighted by molar-refractivity contribution is -0.144. The van der Waals surface area contributed by atoms with Gasteiger partial charge in [0.2, 0.25) is 11.8 Å². The van der Waals surface area contributed by atoms with Gasteiger partial charge in [-0.25, -0.2) is 4.79 Å². The van der Waals surface area contributed by atoms with Crippen LogP contribution in [0.5, 0.6) is 0 Å². The summed E-state index contributed by atoms with van der Waals surface area (Å²) in [5.41, 5.74) is -2.27. The molecular formula is C32H34F6N4O5. The van der Waals surface area contributed by atoms with E-state index >= 15 is 0 Å². The molecule has 254 valence electrons. The lowest BCUT2D eigenvalue weighted by Crippen LogP contribution is -2.50. The summed E-state index contributed by atoms with van der Waals surface area (Å²) in [7, 11) is 0. The van der Waals surface area contributed by atoms with Crippen LogP contribution in [0.2, 0.25) is 0 Å². The number of nitrogens with zero attached hydrogens (tertiary/aromatic N) is 2. The number of benzene rings is 2. The van der Waals surface area contributed by atoms with E-state index in [0.29, 0.717) is 44.5 Å². The van der Waals surface area contributed by atoms with Crippen molar-refractivity contribution in [1.29, 1.82) is 0 Å². The quantitative estimate of drug-likeness (QED) is 0.318. The highest BCUT2D eigenvalue weighted by atomic mass is 19.4. The number of hydrogen-bond acceptors (Lipinski definition) is 5. The van der Waals surface area contributed by atoms with Crippen LogP contribution in [0.15, 0.2) is 48.5 Å². The molecule has 9 nitrogen and oxygen atoms in total. The molecule has 0 aromatic heterocycles. The van der Waals surface area contributed by atoms with Gasteiger partial charge in [0.15, 0.2) is 0 Å². The first-order chi connectivity index (χ1) is 22.1. The molecule has 3 aliphatic heterocycles. The summed E-state index contributed by atoms with van der Waals surface area (Å²) in [6.07, 6.45) is -10.8. The first-order valence-corrected chi connectivity index (χ1v) is 15.3. The zero-order valence-electron chi connectivity index (χ0n) is 25.4. The first kappa shape index (κ1) is 34.2. The van der Waals surface area contributed by atoms with Gasteiger partial charge in [0.25, 0.3) is 5.91 Å². The third kappa shape index (κ3) is 8.06. The van der Waals surface area contributed by atoms with Crippen LogP contribution in [-0.4, -0.2) is 71.9 Å². The highest BCUT2D eigenvalue weighted by Gasteiger charge is 2.40. The molecule has 2 N–H and O–H groups in total. The number of urea groups is 1. The minimum absolute atomic E-state index is 0.0842. The number of nitrogens with one attached hydrogen (secondary N) is 2. The molecule has 0 saturated carbocycles. The number of ether oxygens (including phenoxy) is 1. The predicted molar refractivity (Wildman–Crippen MR) is 154 cm³/mol. The van der Waals surface area contributed by atoms with Crippen LogP contribution in [0, 0.1) is 5.92 Å². The fourth-order valence-electron chi connectivity index (χ4n) is 6.41. The smallest absolute Gasteiger partial charge is 0.370 e. The minimum atomic E-state index is -4.98. The Bertz CT molecular complexity index is 1460. The van der Waals surface area contributed by atoms with E-state index in [1.54, 1.807) is 28.0 Å². The van der Waals surface area contributed by atoms with Crippen LogP contribution in [0.3, 0.4) is 0 Å². The van der Waals surface area contributed by atoms with Crippen LogP contribution in [0.4, 0.5) is 31.1 Å². The Hall–Kier alpha value is -4.14. The summed E-state index contributed by atoms with van der Waals surface area (Å²) in [5, 5.41) is 4.48. The minimum Gasteiger partial charge on any atom is -0.370 e. The molecule has 3 aliphatic rings. The Morgan fingerprint density at radius 2 is 1.49 bits per heavy atom. The number of alkyl halides is 6. The topological polar surface area (TPSA) is 108 Å². The molecule has 1 unspecified atom stereocenters. The molecule has 2 aromatic rings. The Kier molecular flexibility index (Phi) is 9.85. The van der Waals surface area contributed by atoms with E-state index in [0.717, 1.165) is 5.56 Å². The number of carbonyl (C=O) groups excluding carboxylic acids is 4. The lowest BCUT2D eigenvalue weighted by atomic mass is 9.86. The van der Waals surface area contributed by atoms with Crippen molar-refractivity contribution >= 4 is 23.8 Å². The summed E-state index contributed by atoms with van der Waals surface area (Å²) in [6, 6.07) is 8.91. The van der Waals surface area contributed by atoms with Gasteiger partial charge in [-0.05, 0) is 55.5 Å². The zero-order valence-corrected chi connectivity index (χ0v) is 25.4. The molecule has 0 spiro atoms. The van der Waals surface area contributed by atoms with Crippen molar-refractivity contribution in [2.45, 2.75) is 69.1 Å². The predicted octanol–water partition coefficient (Wildman–Crippen LogP) is 5.02. The van der Waals surface area contributed by atoms with Crippen molar-refractivity contribution in [2.75, 3.05) is 26.2 Å². The van der Waals surface area contributed by atoms with E-state index in [9.17, 15) is 45.5 Å². The van der Waals surface area contributed by atoms with Gasteiger partial charge in [-0.2, -0.15) is 26.3 Å². The largest absolute Gasteiger partial charge is 0.416 e. The molecular weight excluding hydrogens is 634 g/mol. The number of amides is 5. The number of carbonyl (C=O) groups is 4. The van der Waals surface area contributed by atoms with Crippen molar-refractivity contribution in [2.24, 2.45) is 5.92 Å². The monoisotopic (exact) mass is 668 g/mol. The third-order valence-corrected chi connectivity index (χ3v) is 8.98. The highest BCUT2D eigenvalue weighted by Crippen LogP contribution is 2.40. The number of halogens is 6. The van der Waals surface area contributed by atoms with Crippen LogP contribution < -0.4 is 10.6 Å². The normalized spacial score (nSPS) is 23.3. The third-order valence-electron chi connectivity index (χ3n) is 8.98. The average Bonchev–Trinajstić information content (AvgIpc) is 3.35. The molecule has 0 radical (unpaired) electrons. The Morgan fingerprint density at radius 1 is 0.894 bits per heavy atom. The van der Waals surface area contributed by atoms with Crippen molar-refractivity contribution in [3.8, 4) is 0 Å². The standard InChI is InChI=1S/C32H34F6N4O5/c1-18(21-13-22(31(33,34)35)15-23(14-21)32(36,37)38)47-26-9-12-42(17-24(26)19-5-3-2-4-6-19)29(45)20-7-10-41(11-8-20)27(43)16-25-28(44)40-30(46)39-25/h2-6,13-15,18,20,24-26H,7-12,16-17H2,1H3,(H2,39,40,44,46)/t18-,24+,25?,26+/m1/s1. The second-order valence-corrected chi connectivity index (χ2v) is 12.1. The Balaban J connectivity index is 1.25. The van der Waals surface area contributed by atoms with Gasteiger partial charge in [-0.3, -0.25) is 19.7 Å². The zero-order chi connectivity index (χ0) is 34.1. The fourth-order valence-corrected chi connectivity index (χ4v) is 6.41. The molecule has 47 heavy (non-hydrogen) atoms. The van der Waals surface area contributed by atoms with E-state index in [1.165, 1.54) is 6.92 Å². The first-order valence-electron chi connectivity index (χ1n) is 15.3. The van der Waals surface area contributed by atoms with Gasteiger partial charge in [0, 0.05) is 38.0 Å². The maximum atomic E-state index is 13.6.